The zero-order chi connectivity index (χ0) is 9.26. The Kier molecular flexibility index (Phi) is 1.97. The summed E-state index contributed by atoms with van der Waals surface area (Å²) in [5, 5.41) is 4.12. The van der Waals surface area contributed by atoms with E-state index in [-0.39, 0.29) is 0 Å². The topological polar surface area (TPSA) is 44.3 Å². The average Bonchev–Trinajstić information content (AvgIpc) is 2.46. The summed E-state index contributed by atoms with van der Waals surface area (Å²) < 4.78 is 2.18. The molecule has 2 heterocycles. The largest absolute Gasteiger partial charge is 0.395 e. The highest BCUT2D eigenvalue weighted by atomic mass is 32.1. The molecule has 2 aromatic heterocycles. The summed E-state index contributed by atoms with van der Waals surface area (Å²) >= 11 is 5.09. The Morgan fingerprint density at radius 2 is 2.46 bits per heavy atom. The van der Waals surface area contributed by atoms with Crippen molar-refractivity contribution in [3.05, 3.63) is 23.4 Å². The van der Waals surface area contributed by atoms with E-state index in [1.54, 1.807) is 23.0 Å². The van der Waals surface area contributed by atoms with Crippen LogP contribution in [0.5, 0.6) is 0 Å². The quantitative estimate of drug-likeness (QED) is 0.663. The van der Waals surface area contributed by atoms with Crippen LogP contribution >= 0.6 is 12.2 Å². The van der Waals surface area contributed by atoms with Crippen LogP contribution in [-0.4, -0.2) is 25.9 Å². The normalized spacial score (nSPS) is 10.5. The molecule has 2 rings (SSSR count). The van der Waals surface area contributed by atoms with Crippen molar-refractivity contribution >= 4 is 17.9 Å². The molecule has 68 valence electrons. The highest BCUT2D eigenvalue weighted by Crippen LogP contribution is 1.98. The lowest BCUT2D eigenvalue weighted by Gasteiger charge is -1.97. The Labute approximate surface area is 79.5 Å². The predicted molar refractivity (Wildman–Crippen MR) is 48.9 cm³/mol. The van der Waals surface area contributed by atoms with Gasteiger partial charge in [0.2, 0.25) is 4.77 Å². The van der Waals surface area contributed by atoms with E-state index in [1.165, 1.54) is 4.85 Å². The lowest BCUT2D eigenvalue weighted by atomic mass is 10.6. The second-order valence-corrected chi connectivity index (χ2v) is 2.75. The minimum absolute atomic E-state index is 0.491. The van der Waals surface area contributed by atoms with Crippen molar-refractivity contribution in [3.63, 3.8) is 0 Å². The van der Waals surface area contributed by atoms with Gasteiger partial charge in [0.15, 0.2) is 5.65 Å². The van der Waals surface area contributed by atoms with Crippen LogP contribution in [-0.2, 0) is 0 Å². The van der Waals surface area contributed by atoms with E-state index in [9.17, 15) is 0 Å². The van der Waals surface area contributed by atoms with E-state index in [0.717, 1.165) is 5.65 Å². The van der Waals surface area contributed by atoms with Crippen LogP contribution in [0.15, 0.2) is 18.6 Å². The number of rotatable bonds is 2. The van der Waals surface area contributed by atoms with Gasteiger partial charge in [0, 0.05) is 12.3 Å². The monoisotopic (exact) mass is 196 g/mol. The van der Waals surface area contributed by atoms with Gasteiger partial charge in [-0.15, -0.1) is 5.10 Å². The Balaban J connectivity index is 2.67. The molecule has 5 nitrogen and oxygen atoms in total. The lowest BCUT2D eigenvalue weighted by Crippen LogP contribution is -2.12. The van der Waals surface area contributed by atoms with Crippen LogP contribution in [0.1, 0.15) is 6.92 Å². The Hall–Kier alpha value is -1.43. The molecule has 0 aliphatic heterocycles. The Morgan fingerprint density at radius 3 is 3.15 bits per heavy atom. The highest BCUT2D eigenvalue weighted by molar-refractivity contribution is 7.71. The fraction of sp³-hybridized carbons (Fsp3) is 0.286. The van der Waals surface area contributed by atoms with Crippen LogP contribution in [0.2, 0.25) is 0 Å². The first kappa shape index (κ1) is 8.18. The van der Waals surface area contributed by atoms with Crippen LogP contribution in [0, 0.1) is 4.77 Å². The van der Waals surface area contributed by atoms with Gasteiger partial charge in [-0.2, -0.15) is 0 Å². The third-order valence-corrected chi connectivity index (χ3v) is 1.91. The molecule has 0 aliphatic rings. The van der Waals surface area contributed by atoms with Crippen molar-refractivity contribution in [1.82, 2.24) is 19.3 Å². The Bertz CT molecular complexity index is 475. The number of hydrogen-bond donors (Lipinski definition) is 0. The third kappa shape index (κ3) is 1.29. The van der Waals surface area contributed by atoms with Crippen LogP contribution in [0.25, 0.3) is 5.65 Å². The number of nitrogens with zero attached hydrogens (tertiary/aromatic N) is 4. The summed E-state index contributed by atoms with van der Waals surface area (Å²) in [5.74, 6) is 0. The molecule has 0 N–H and O–H groups in total. The van der Waals surface area contributed by atoms with E-state index in [2.05, 4.69) is 10.1 Å². The van der Waals surface area contributed by atoms with E-state index >= 15 is 0 Å². The molecule has 2 aromatic rings. The smallest absolute Gasteiger partial charge is 0.243 e. The van der Waals surface area contributed by atoms with Gasteiger partial charge in [0.05, 0.1) is 0 Å². The van der Waals surface area contributed by atoms with Crippen LogP contribution in [0.3, 0.4) is 0 Å². The summed E-state index contributed by atoms with van der Waals surface area (Å²) in [6, 6.07) is 1.77. The van der Waals surface area contributed by atoms with Gasteiger partial charge in [0.25, 0.3) is 0 Å². The molecule has 0 radical (unpaired) electrons. The molecule has 13 heavy (non-hydrogen) atoms. The lowest BCUT2D eigenvalue weighted by molar-refractivity contribution is 0.0894. The van der Waals surface area contributed by atoms with E-state index in [0.29, 0.717) is 11.4 Å². The number of aromatic nitrogens is 4. The molecule has 0 spiro atoms. The molecule has 0 atom stereocenters. The second kappa shape index (κ2) is 3.14. The van der Waals surface area contributed by atoms with Gasteiger partial charge in [-0.05, 0) is 19.1 Å². The van der Waals surface area contributed by atoms with E-state index in [4.69, 9.17) is 17.1 Å². The maximum Gasteiger partial charge on any atom is 0.243 e. The van der Waals surface area contributed by atoms with Gasteiger partial charge in [-0.1, -0.05) is 4.85 Å². The minimum atomic E-state index is 0.491. The molecule has 0 fully saturated rings. The third-order valence-electron chi connectivity index (χ3n) is 1.55. The molecular weight excluding hydrogens is 188 g/mol. The predicted octanol–water partition coefficient (Wildman–Crippen LogP) is 0.709. The zero-order valence-corrected chi connectivity index (χ0v) is 7.86. The van der Waals surface area contributed by atoms with Crippen molar-refractivity contribution in [2.45, 2.75) is 6.92 Å². The molecule has 0 amide bonds. The molecule has 6 heteroatoms. The molecule has 0 aromatic carbocycles. The summed E-state index contributed by atoms with van der Waals surface area (Å²) in [6.07, 6.45) is 3.27. The highest BCUT2D eigenvalue weighted by Gasteiger charge is 2.01. The SMILES string of the molecule is CCOn1nc2ccncn2c1=S. The fourth-order valence-electron chi connectivity index (χ4n) is 1.02. The fourth-order valence-corrected chi connectivity index (χ4v) is 1.25. The Morgan fingerprint density at radius 1 is 1.62 bits per heavy atom. The zero-order valence-electron chi connectivity index (χ0n) is 7.04. The van der Waals surface area contributed by atoms with Gasteiger partial charge in [-0.3, -0.25) is 4.40 Å². The van der Waals surface area contributed by atoms with Crippen molar-refractivity contribution < 1.29 is 4.84 Å². The molecule has 0 bridgehead atoms. The van der Waals surface area contributed by atoms with Gasteiger partial charge < -0.3 is 4.84 Å². The van der Waals surface area contributed by atoms with Crippen molar-refractivity contribution in [1.29, 1.82) is 0 Å². The molecule has 0 saturated carbocycles. The number of hydrogen-bond acceptors (Lipinski definition) is 4. The summed E-state index contributed by atoms with van der Waals surface area (Å²) in [5.41, 5.74) is 0.730. The van der Waals surface area contributed by atoms with Crippen LogP contribution < -0.4 is 4.84 Å². The standard InChI is InChI=1S/C7H8N4OS/c1-2-12-11-7(13)10-5-8-4-3-6(10)9-11/h3-5H,2H2,1H3. The molecule has 0 unspecified atom stereocenters. The van der Waals surface area contributed by atoms with Crippen LogP contribution in [0.4, 0.5) is 0 Å². The van der Waals surface area contributed by atoms with Gasteiger partial charge in [-0.25, -0.2) is 4.98 Å². The first-order valence-corrected chi connectivity index (χ1v) is 4.28. The first-order chi connectivity index (χ1) is 6.33. The van der Waals surface area contributed by atoms with Crippen molar-refractivity contribution in [2.75, 3.05) is 6.61 Å². The summed E-state index contributed by atoms with van der Waals surface area (Å²) in [4.78, 5) is 10.4. The summed E-state index contributed by atoms with van der Waals surface area (Å²) in [7, 11) is 0. The maximum absolute atomic E-state index is 5.17. The molecular formula is C7H8N4OS. The summed E-state index contributed by atoms with van der Waals surface area (Å²) in [6.45, 7) is 2.41. The van der Waals surface area contributed by atoms with E-state index in [1.807, 2.05) is 6.92 Å². The molecule has 0 aliphatic carbocycles. The average molecular weight is 196 g/mol. The van der Waals surface area contributed by atoms with Gasteiger partial charge >= 0.3 is 0 Å². The maximum atomic E-state index is 5.17. The van der Waals surface area contributed by atoms with Gasteiger partial charge in [0.1, 0.15) is 12.9 Å². The first-order valence-electron chi connectivity index (χ1n) is 3.87. The van der Waals surface area contributed by atoms with E-state index < -0.39 is 0 Å². The van der Waals surface area contributed by atoms with Crippen molar-refractivity contribution in [3.8, 4) is 0 Å². The number of fused-ring (bicyclic) bond motifs is 1. The second-order valence-electron chi connectivity index (χ2n) is 2.38. The molecule has 0 saturated heterocycles. The van der Waals surface area contributed by atoms with Crippen molar-refractivity contribution in [2.24, 2.45) is 0 Å². The minimum Gasteiger partial charge on any atom is -0.395 e.